The molecule has 0 spiro atoms. The first kappa shape index (κ1) is 46.6. The van der Waals surface area contributed by atoms with Gasteiger partial charge in [-0.2, -0.15) is 10.5 Å². The maximum atomic E-state index is 11.1. The molecule has 0 fully saturated rings. The van der Waals surface area contributed by atoms with E-state index < -0.39 is 0 Å². The monoisotopic (exact) mass is 606 g/mol. The predicted molar refractivity (Wildman–Crippen MR) is 191 cm³/mol. The fourth-order valence-corrected chi connectivity index (χ4v) is 3.20. The van der Waals surface area contributed by atoms with Crippen molar-refractivity contribution in [1.82, 2.24) is 0 Å². The summed E-state index contributed by atoms with van der Waals surface area (Å²) in [5.41, 5.74) is 4.38. The molecule has 0 saturated heterocycles. The van der Waals surface area contributed by atoms with E-state index in [0.29, 0.717) is 29.0 Å². The largest absolute Gasteiger partial charge is 0.294 e. The molecule has 0 bridgehead atoms. The highest BCUT2D eigenvalue weighted by atomic mass is 35.5. The van der Waals surface area contributed by atoms with Crippen LogP contribution in [0.1, 0.15) is 154 Å². The number of rotatable bonds is 6. The quantitative estimate of drug-likeness (QED) is 0.262. The van der Waals surface area contributed by atoms with E-state index >= 15 is 0 Å². The van der Waals surface area contributed by atoms with Crippen LogP contribution >= 0.6 is 11.6 Å². The summed E-state index contributed by atoms with van der Waals surface area (Å²) >= 11 is 5.87. The molecular formula is C39H59ClN2O. The van der Waals surface area contributed by atoms with E-state index in [1.54, 1.807) is 24.3 Å². The molecule has 0 amide bonds. The van der Waals surface area contributed by atoms with Crippen LogP contribution in [0.3, 0.4) is 0 Å². The van der Waals surface area contributed by atoms with E-state index in [2.05, 4.69) is 40.7 Å². The van der Waals surface area contributed by atoms with Crippen molar-refractivity contribution in [1.29, 1.82) is 10.5 Å². The molecule has 43 heavy (non-hydrogen) atoms. The molecule has 0 radical (unpaired) electrons. The van der Waals surface area contributed by atoms with Gasteiger partial charge in [0.15, 0.2) is 5.78 Å². The molecular weight excluding hydrogens is 548 g/mol. The zero-order chi connectivity index (χ0) is 34.1. The number of hydrogen-bond donors (Lipinski definition) is 0. The molecule has 4 heteroatoms. The summed E-state index contributed by atoms with van der Waals surface area (Å²) in [5, 5.41) is 18.0. The Labute approximate surface area is 270 Å². The Morgan fingerprint density at radius 3 is 1.26 bits per heavy atom. The molecule has 1 unspecified atom stereocenters. The standard InChI is InChI=1S/C15H12ClN.C10H9NO.C5H12.C3H8.3C2H6/c1-11(14-6-8-15(16)9-7-14)13-4-2-12(10-17)3-5-13;1-2-10(12)9-5-3-8(7-11)4-6-9;1-3-5-4-2;1-3-2;3*1-2/h2-9,11H,1H3;3-6H,2H2,1H3;3-5H2,1-2H3;3H2,1-2H3;3*1-2H3. The Kier molecular flexibility index (Phi) is 37.7. The van der Waals surface area contributed by atoms with Crippen molar-refractivity contribution in [3.63, 3.8) is 0 Å². The van der Waals surface area contributed by atoms with Crippen LogP contribution in [0.4, 0.5) is 0 Å². The fourth-order valence-electron chi connectivity index (χ4n) is 3.08. The lowest BCUT2D eigenvalue weighted by Gasteiger charge is -2.12. The van der Waals surface area contributed by atoms with Crippen molar-refractivity contribution in [3.8, 4) is 12.1 Å². The van der Waals surface area contributed by atoms with Crippen LogP contribution in [-0.2, 0) is 0 Å². The first-order valence-electron chi connectivity index (χ1n) is 16.1. The Bertz CT molecular complexity index is 1090. The molecule has 0 N–H and O–H groups in total. The van der Waals surface area contributed by atoms with Gasteiger partial charge in [-0.15, -0.1) is 0 Å². The summed E-state index contributed by atoms with van der Waals surface area (Å²) in [5.74, 6) is 0.416. The molecule has 238 valence electrons. The lowest BCUT2D eigenvalue weighted by molar-refractivity contribution is 0.0988. The zero-order valence-electron chi connectivity index (χ0n) is 29.2. The minimum atomic E-state index is 0.111. The summed E-state index contributed by atoms with van der Waals surface area (Å²) in [4.78, 5) is 11.1. The molecule has 0 heterocycles. The topological polar surface area (TPSA) is 64.7 Å². The average molecular weight is 607 g/mol. The van der Waals surface area contributed by atoms with Crippen LogP contribution in [0.2, 0.25) is 5.02 Å². The lowest BCUT2D eigenvalue weighted by atomic mass is 9.93. The number of nitrogens with zero attached hydrogens (tertiary/aromatic N) is 2. The smallest absolute Gasteiger partial charge is 0.162 e. The number of nitriles is 2. The normalized spacial score (nSPS) is 9.00. The van der Waals surface area contributed by atoms with E-state index in [9.17, 15) is 4.79 Å². The van der Waals surface area contributed by atoms with Gasteiger partial charge in [-0.3, -0.25) is 4.79 Å². The van der Waals surface area contributed by atoms with Crippen LogP contribution < -0.4 is 0 Å². The highest BCUT2D eigenvalue weighted by Gasteiger charge is 2.08. The van der Waals surface area contributed by atoms with Gasteiger partial charge in [-0.05, 0) is 47.5 Å². The number of Topliss-reactive ketones (excluding diaryl/α,β-unsaturated/α-hetero) is 1. The molecule has 3 rings (SSSR count). The van der Waals surface area contributed by atoms with Gasteiger partial charge in [-0.25, -0.2) is 0 Å². The molecule has 3 nitrogen and oxygen atoms in total. The third-order valence-corrected chi connectivity index (χ3v) is 5.53. The molecule has 3 aromatic rings. The third kappa shape index (κ3) is 23.8. The van der Waals surface area contributed by atoms with Crippen LogP contribution in [0.5, 0.6) is 0 Å². The maximum absolute atomic E-state index is 11.1. The number of carbonyl (C=O) groups is 1. The molecule has 0 aliphatic rings. The van der Waals surface area contributed by atoms with Gasteiger partial charge in [0.05, 0.1) is 23.3 Å². The maximum Gasteiger partial charge on any atom is 0.162 e. The first-order chi connectivity index (χ1) is 20.8. The molecule has 0 aliphatic heterocycles. The van der Waals surface area contributed by atoms with E-state index in [1.165, 1.54) is 36.8 Å². The van der Waals surface area contributed by atoms with Gasteiger partial charge < -0.3 is 0 Å². The third-order valence-electron chi connectivity index (χ3n) is 5.27. The highest BCUT2D eigenvalue weighted by Crippen LogP contribution is 2.25. The summed E-state index contributed by atoms with van der Waals surface area (Å²) < 4.78 is 0. The fraction of sp³-hybridized carbons (Fsp3) is 0.462. The summed E-state index contributed by atoms with van der Waals surface area (Å²) in [6, 6.07) is 26.4. The van der Waals surface area contributed by atoms with E-state index in [-0.39, 0.29) is 5.78 Å². The van der Waals surface area contributed by atoms with E-state index in [0.717, 1.165) is 5.02 Å². The predicted octanol–water partition coefficient (Wildman–Crippen LogP) is 13.2. The van der Waals surface area contributed by atoms with Crippen molar-refractivity contribution < 1.29 is 4.79 Å². The number of benzene rings is 3. The van der Waals surface area contributed by atoms with Crippen molar-refractivity contribution >= 4 is 17.4 Å². The van der Waals surface area contributed by atoms with Crippen LogP contribution in [0.25, 0.3) is 0 Å². The van der Waals surface area contributed by atoms with Gasteiger partial charge in [0.2, 0.25) is 0 Å². The highest BCUT2D eigenvalue weighted by molar-refractivity contribution is 6.30. The van der Waals surface area contributed by atoms with Crippen molar-refractivity contribution in [2.75, 3.05) is 0 Å². The molecule has 0 saturated carbocycles. The van der Waals surface area contributed by atoms with Gasteiger partial charge in [-0.1, -0.05) is 157 Å². The first-order valence-corrected chi connectivity index (χ1v) is 16.5. The van der Waals surface area contributed by atoms with E-state index in [4.69, 9.17) is 22.1 Å². The number of unbranched alkanes of at least 4 members (excludes halogenated alkanes) is 2. The Balaban J connectivity index is -0.000000255. The Hall–Kier alpha value is -3.40. The van der Waals surface area contributed by atoms with E-state index in [1.807, 2.05) is 103 Å². The summed E-state index contributed by atoms with van der Waals surface area (Å²) in [7, 11) is 0. The number of hydrogen-bond acceptors (Lipinski definition) is 3. The second-order valence-corrected chi connectivity index (χ2v) is 8.97. The number of ketones is 1. The second kappa shape index (κ2) is 34.8. The van der Waals surface area contributed by atoms with Gasteiger partial charge in [0.25, 0.3) is 0 Å². The van der Waals surface area contributed by atoms with Crippen molar-refractivity contribution in [2.45, 2.75) is 121 Å². The van der Waals surface area contributed by atoms with Gasteiger partial charge in [0.1, 0.15) is 0 Å². The minimum Gasteiger partial charge on any atom is -0.294 e. The molecule has 1 atom stereocenters. The van der Waals surface area contributed by atoms with Crippen molar-refractivity contribution in [2.24, 2.45) is 0 Å². The Morgan fingerprint density at radius 2 is 0.977 bits per heavy atom. The summed E-state index contributed by atoms with van der Waals surface area (Å²) in [6.07, 6.45) is 5.83. The SMILES string of the molecule is CC.CC.CC.CC(c1ccc(Cl)cc1)c1ccc(C#N)cc1.CCC.CCC(=O)c1ccc(C#N)cc1.CCCCC. The average Bonchev–Trinajstić information content (AvgIpc) is 3.08. The lowest BCUT2D eigenvalue weighted by Crippen LogP contribution is -1.95. The number of carbonyl (C=O) groups excluding carboxylic acids is 1. The Morgan fingerprint density at radius 1 is 0.651 bits per heavy atom. The molecule has 0 aromatic heterocycles. The van der Waals surface area contributed by atoms with Crippen LogP contribution in [0.15, 0.2) is 72.8 Å². The molecule has 3 aromatic carbocycles. The van der Waals surface area contributed by atoms with Crippen molar-refractivity contribution in [3.05, 3.63) is 106 Å². The second-order valence-electron chi connectivity index (χ2n) is 8.53. The van der Waals surface area contributed by atoms with Crippen LogP contribution in [-0.4, -0.2) is 5.78 Å². The van der Waals surface area contributed by atoms with Crippen LogP contribution in [0, 0.1) is 22.7 Å². The number of halogens is 1. The minimum absolute atomic E-state index is 0.111. The summed E-state index contributed by atoms with van der Waals surface area (Å²) in [6.45, 7) is 24.6. The van der Waals surface area contributed by atoms with Gasteiger partial charge in [0, 0.05) is 22.9 Å². The molecule has 0 aliphatic carbocycles. The van der Waals surface area contributed by atoms with Gasteiger partial charge >= 0.3 is 0 Å². The zero-order valence-corrected chi connectivity index (χ0v) is 30.0.